The van der Waals surface area contributed by atoms with Gasteiger partial charge in [-0.3, -0.25) is 4.79 Å². The van der Waals surface area contributed by atoms with Crippen molar-refractivity contribution < 1.29 is 17.6 Å². The molecule has 0 saturated heterocycles. The van der Waals surface area contributed by atoms with Crippen molar-refractivity contribution in [2.24, 2.45) is 5.92 Å². The summed E-state index contributed by atoms with van der Waals surface area (Å²) in [5.41, 5.74) is 0.399. The van der Waals surface area contributed by atoms with Gasteiger partial charge in [0, 0.05) is 18.5 Å². The van der Waals surface area contributed by atoms with E-state index in [2.05, 4.69) is 17.6 Å². The molecule has 142 valence electrons. The summed E-state index contributed by atoms with van der Waals surface area (Å²) in [4.78, 5) is 14.2. The van der Waals surface area contributed by atoms with Crippen LogP contribution >= 0.6 is 0 Å². The molecule has 3 rings (SSSR count). The second-order valence-corrected chi connectivity index (χ2v) is 8.60. The van der Waals surface area contributed by atoms with Crippen LogP contribution in [0.4, 0.5) is 0 Å². The third-order valence-corrected chi connectivity index (χ3v) is 6.09. The van der Waals surface area contributed by atoms with E-state index >= 15 is 0 Å². The van der Waals surface area contributed by atoms with Crippen LogP contribution in [0.5, 0.6) is 0 Å². The van der Waals surface area contributed by atoms with Crippen LogP contribution in [0.2, 0.25) is 0 Å². The number of carbonyl (C=O) groups is 1. The number of rotatable bonds is 7. The van der Waals surface area contributed by atoms with Crippen molar-refractivity contribution >= 4 is 15.9 Å². The van der Waals surface area contributed by atoms with Crippen molar-refractivity contribution in [3.63, 3.8) is 0 Å². The molecule has 1 heterocycles. The van der Waals surface area contributed by atoms with Crippen LogP contribution in [0, 0.1) is 18.3 Å². The first kappa shape index (κ1) is 19.2. The predicted octanol–water partition coefficient (Wildman–Crippen LogP) is 2.59. The highest BCUT2D eigenvalue weighted by molar-refractivity contribution is 7.89. The van der Waals surface area contributed by atoms with E-state index in [9.17, 15) is 13.2 Å². The van der Waals surface area contributed by atoms with Crippen molar-refractivity contribution in [2.45, 2.75) is 30.7 Å². The van der Waals surface area contributed by atoms with Gasteiger partial charge in [-0.2, -0.15) is 4.72 Å². The molecule has 2 atom stereocenters. The van der Waals surface area contributed by atoms with Crippen LogP contribution in [0.3, 0.4) is 0 Å². The van der Waals surface area contributed by atoms with Gasteiger partial charge in [-0.25, -0.2) is 8.42 Å². The average Bonchev–Trinajstić information content (AvgIpc) is 3.20. The maximum atomic E-state index is 12.6. The minimum Gasteiger partial charge on any atom is -0.464 e. The van der Waals surface area contributed by atoms with Crippen LogP contribution in [0.15, 0.2) is 45.7 Å². The highest BCUT2D eigenvalue weighted by Gasteiger charge is 2.36. The minimum absolute atomic E-state index is 0.0613. The molecule has 1 aromatic carbocycles. The van der Waals surface area contributed by atoms with E-state index in [4.69, 9.17) is 10.8 Å². The van der Waals surface area contributed by atoms with Crippen molar-refractivity contribution in [2.75, 3.05) is 13.6 Å². The number of hydrogen-bond acceptors (Lipinski definition) is 4. The van der Waals surface area contributed by atoms with Gasteiger partial charge < -0.3 is 9.32 Å². The van der Waals surface area contributed by atoms with E-state index < -0.39 is 10.0 Å². The van der Waals surface area contributed by atoms with Crippen LogP contribution < -0.4 is 4.72 Å². The summed E-state index contributed by atoms with van der Waals surface area (Å²) in [5.74, 6) is 4.87. The lowest BCUT2D eigenvalue weighted by atomic mass is 10.2. The molecule has 7 heteroatoms. The standard InChI is InChI=1S/C20H22N2O4S/c1-4-11-21-27(24,25)17-8-5-15(6-9-17)20(23)22(3)13-16-7-10-19(26-16)18-12-14(18)2/h1,5-10,14,18,21H,11-13H2,2-3H3/t14-,18-/m1/s1. The van der Waals surface area contributed by atoms with Gasteiger partial charge in [0.25, 0.3) is 5.91 Å². The molecular formula is C20H22N2O4S. The summed E-state index contributed by atoms with van der Waals surface area (Å²) in [6.45, 7) is 2.45. The average molecular weight is 386 g/mol. The number of nitrogens with one attached hydrogen (secondary N) is 1. The Balaban J connectivity index is 1.64. The second kappa shape index (κ2) is 7.59. The number of sulfonamides is 1. The second-order valence-electron chi connectivity index (χ2n) is 6.84. The molecule has 6 nitrogen and oxygen atoms in total. The van der Waals surface area contributed by atoms with E-state index in [0.717, 1.165) is 17.9 Å². The summed E-state index contributed by atoms with van der Waals surface area (Å²) >= 11 is 0. The quantitative estimate of drug-likeness (QED) is 0.742. The number of hydrogen-bond donors (Lipinski definition) is 1. The van der Waals surface area contributed by atoms with Gasteiger partial charge in [0.05, 0.1) is 18.0 Å². The first-order chi connectivity index (χ1) is 12.8. The largest absolute Gasteiger partial charge is 0.464 e. The number of amides is 1. The molecule has 1 aromatic heterocycles. The zero-order chi connectivity index (χ0) is 19.6. The first-order valence-corrected chi connectivity index (χ1v) is 10.2. The summed E-state index contributed by atoms with van der Waals surface area (Å²) in [6, 6.07) is 9.63. The van der Waals surface area contributed by atoms with E-state index in [0.29, 0.717) is 23.9 Å². The molecule has 0 bridgehead atoms. The number of terminal acetylenes is 1. The number of furan rings is 1. The Bertz CT molecular complexity index is 970. The summed E-state index contributed by atoms with van der Waals surface area (Å²) in [7, 11) is -1.99. The van der Waals surface area contributed by atoms with Gasteiger partial charge in [0.1, 0.15) is 11.5 Å². The topological polar surface area (TPSA) is 79.6 Å². The summed E-state index contributed by atoms with van der Waals surface area (Å²) in [5, 5.41) is 0. The lowest BCUT2D eigenvalue weighted by Crippen LogP contribution is -2.26. The molecule has 1 aliphatic carbocycles. The minimum atomic E-state index is -3.67. The Morgan fingerprint density at radius 2 is 1.96 bits per heavy atom. The van der Waals surface area contributed by atoms with Crippen molar-refractivity contribution in [3.05, 3.63) is 53.5 Å². The molecule has 1 saturated carbocycles. The fourth-order valence-corrected chi connectivity index (χ4v) is 3.85. The Morgan fingerprint density at radius 1 is 1.30 bits per heavy atom. The monoisotopic (exact) mass is 386 g/mol. The van der Waals surface area contributed by atoms with E-state index in [1.54, 1.807) is 11.9 Å². The Kier molecular flexibility index (Phi) is 5.40. The third-order valence-electron chi connectivity index (χ3n) is 4.67. The maximum absolute atomic E-state index is 12.6. The molecule has 1 amide bonds. The molecule has 1 N–H and O–H groups in total. The molecule has 0 aliphatic heterocycles. The molecule has 0 radical (unpaired) electrons. The highest BCUT2D eigenvalue weighted by atomic mass is 32.2. The molecular weight excluding hydrogens is 364 g/mol. The molecule has 2 aromatic rings. The van der Waals surface area contributed by atoms with Crippen LogP contribution in [0.25, 0.3) is 0 Å². The van der Waals surface area contributed by atoms with Gasteiger partial charge >= 0.3 is 0 Å². The van der Waals surface area contributed by atoms with Crippen molar-refractivity contribution in [3.8, 4) is 12.3 Å². The zero-order valence-corrected chi connectivity index (χ0v) is 16.1. The summed E-state index contributed by atoms with van der Waals surface area (Å²) < 4.78 is 32.2. The fourth-order valence-electron chi connectivity index (χ4n) is 2.92. The van der Waals surface area contributed by atoms with Gasteiger partial charge in [-0.05, 0) is 48.7 Å². The predicted molar refractivity (Wildman–Crippen MR) is 101 cm³/mol. The fraction of sp³-hybridized carbons (Fsp3) is 0.350. The van der Waals surface area contributed by atoms with Crippen molar-refractivity contribution in [1.82, 2.24) is 9.62 Å². The smallest absolute Gasteiger partial charge is 0.254 e. The third kappa shape index (κ3) is 4.41. The molecule has 1 fully saturated rings. The molecule has 27 heavy (non-hydrogen) atoms. The van der Waals surface area contributed by atoms with Gasteiger partial charge in [0.2, 0.25) is 10.0 Å². The van der Waals surface area contributed by atoms with Crippen LogP contribution in [0.1, 0.15) is 41.1 Å². The lowest BCUT2D eigenvalue weighted by molar-refractivity contribution is 0.0774. The number of nitrogens with zero attached hydrogens (tertiary/aromatic N) is 1. The van der Waals surface area contributed by atoms with E-state index in [-0.39, 0.29) is 17.3 Å². The van der Waals surface area contributed by atoms with E-state index in [1.165, 1.54) is 24.3 Å². The molecule has 0 spiro atoms. The lowest BCUT2D eigenvalue weighted by Gasteiger charge is -2.16. The Hall–Kier alpha value is -2.56. The Labute approximate surface area is 159 Å². The molecule has 1 aliphatic rings. The van der Waals surface area contributed by atoms with Gasteiger partial charge in [-0.15, -0.1) is 6.42 Å². The van der Waals surface area contributed by atoms with Gasteiger partial charge in [-0.1, -0.05) is 12.8 Å². The normalized spacial score (nSPS) is 18.7. The maximum Gasteiger partial charge on any atom is 0.254 e. The van der Waals surface area contributed by atoms with Crippen LogP contribution in [-0.2, 0) is 16.6 Å². The number of benzene rings is 1. The van der Waals surface area contributed by atoms with Crippen LogP contribution in [-0.4, -0.2) is 32.8 Å². The van der Waals surface area contributed by atoms with Gasteiger partial charge in [0.15, 0.2) is 0 Å². The van der Waals surface area contributed by atoms with E-state index in [1.807, 2.05) is 12.1 Å². The Morgan fingerprint density at radius 3 is 2.56 bits per heavy atom. The SMILES string of the molecule is C#CCNS(=O)(=O)c1ccc(C(=O)N(C)Cc2ccc([C@@H]3C[C@H]3C)o2)cc1. The van der Waals surface area contributed by atoms with Crippen molar-refractivity contribution in [1.29, 1.82) is 0 Å². The summed E-state index contributed by atoms with van der Waals surface area (Å²) in [6.07, 6.45) is 6.21. The highest BCUT2D eigenvalue weighted by Crippen LogP contribution is 2.47. The zero-order valence-electron chi connectivity index (χ0n) is 15.3. The number of carbonyl (C=O) groups excluding carboxylic acids is 1. The first-order valence-electron chi connectivity index (χ1n) is 8.69. The molecule has 0 unspecified atom stereocenters.